The number of carbonyl (C=O) groups excluding carboxylic acids is 2. The van der Waals surface area contributed by atoms with Crippen molar-refractivity contribution in [3.63, 3.8) is 0 Å². The Morgan fingerprint density at radius 1 is 1.33 bits per heavy atom. The van der Waals surface area contributed by atoms with E-state index in [9.17, 15) is 19.5 Å². The Labute approximate surface area is 156 Å². The molecule has 8 heteroatoms. The van der Waals surface area contributed by atoms with E-state index in [1.54, 1.807) is 6.92 Å². The highest BCUT2D eigenvalue weighted by molar-refractivity contribution is 8.13. The van der Waals surface area contributed by atoms with Gasteiger partial charge in [-0.15, -0.1) is 0 Å². The lowest BCUT2D eigenvalue weighted by Crippen LogP contribution is -2.46. The van der Waals surface area contributed by atoms with E-state index in [0.717, 1.165) is 40.8 Å². The second-order valence-corrected chi connectivity index (χ2v) is 8.69. The molecule has 1 saturated carbocycles. The largest absolute Gasteiger partial charge is 0.480 e. The molecule has 0 aromatic carbocycles. The monoisotopic (exact) mass is 387 g/mol. The number of likely N-dealkylation sites (tertiary alicyclic amines) is 1. The Morgan fingerprint density at radius 2 is 1.92 bits per heavy atom. The topological polar surface area (TPSA) is 74.7 Å². The van der Waals surface area contributed by atoms with E-state index >= 15 is 0 Å². The lowest BCUT2D eigenvalue weighted by Gasteiger charge is -2.35. The van der Waals surface area contributed by atoms with Crippen molar-refractivity contribution in [2.75, 3.05) is 12.3 Å². The molecule has 0 aromatic rings. The van der Waals surface area contributed by atoms with Gasteiger partial charge in [-0.3, -0.25) is 9.59 Å². The standard InChI is InChI=1S/C16H21NO4S3/c1-9(7-24-10(2)18)14(19)17-8-16(6-11(17)15(20)21)12(22)4-3-5-13(16)23/h9,11H,3-8H2,1-2H3,(H,20,21)/t9-,11+/m1/s1. The maximum atomic E-state index is 12.8. The predicted octanol–water partition coefficient (Wildman–Crippen LogP) is 2.50. The summed E-state index contributed by atoms with van der Waals surface area (Å²) in [6.07, 6.45) is 2.67. The van der Waals surface area contributed by atoms with Gasteiger partial charge in [-0.1, -0.05) is 43.1 Å². The lowest BCUT2D eigenvalue weighted by atomic mass is 9.72. The summed E-state index contributed by atoms with van der Waals surface area (Å²) in [5.41, 5.74) is -0.616. The fourth-order valence-corrected chi connectivity index (χ4v) is 4.92. The molecule has 2 rings (SSSR count). The van der Waals surface area contributed by atoms with Crippen molar-refractivity contribution >= 4 is 62.9 Å². The summed E-state index contributed by atoms with van der Waals surface area (Å²) >= 11 is 12.1. The number of hydrogen-bond donors (Lipinski definition) is 1. The molecular weight excluding hydrogens is 366 g/mol. The molecule has 0 unspecified atom stereocenters. The molecule has 2 atom stereocenters. The highest BCUT2D eigenvalue weighted by Gasteiger charge is 2.54. The molecule has 1 aliphatic carbocycles. The van der Waals surface area contributed by atoms with Gasteiger partial charge in [0.1, 0.15) is 6.04 Å². The molecule has 1 heterocycles. The number of aliphatic carboxylic acids is 1. The van der Waals surface area contributed by atoms with Crippen LogP contribution in [0.5, 0.6) is 0 Å². The van der Waals surface area contributed by atoms with Gasteiger partial charge in [-0.25, -0.2) is 4.79 Å². The van der Waals surface area contributed by atoms with E-state index in [1.165, 1.54) is 11.8 Å². The van der Waals surface area contributed by atoms with Gasteiger partial charge in [-0.2, -0.15) is 0 Å². The van der Waals surface area contributed by atoms with Gasteiger partial charge >= 0.3 is 5.97 Å². The minimum atomic E-state index is -1.03. The summed E-state index contributed by atoms with van der Waals surface area (Å²) in [5.74, 6) is -1.35. The van der Waals surface area contributed by atoms with Crippen LogP contribution in [0.3, 0.4) is 0 Å². The molecule has 1 aliphatic heterocycles. The van der Waals surface area contributed by atoms with Gasteiger partial charge in [0.25, 0.3) is 0 Å². The van der Waals surface area contributed by atoms with Crippen LogP contribution in [0.1, 0.15) is 39.5 Å². The van der Waals surface area contributed by atoms with Crippen LogP contribution in [0.2, 0.25) is 0 Å². The van der Waals surface area contributed by atoms with Crippen LogP contribution in [0.25, 0.3) is 0 Å². The van der Waals surface area contributed by atoms with Gasteiger partial charge in [0.15, 0.2) is 5.12 Å². The number of rotatable bonds is 4. The van der Waals surface area contributed by atoms with E-state index in [2.05, 4.69) is 0 Å². The summed E-state index contributed by atoms with van der Waals surface area (Å²) in [7, 11) is 0. The molecule has 1 saturated heterocycles. The SMILES string of the molecule is CC(=O)SC[C@@H](C)C(=O)N1CC2(C[C@H]1C(=O)O)C(=S)CCCC2=S. The average molecular weight is 388 g/mol. The van der Waals surface area contributed by atoms with Crippen LogP contribution >= 0.6 is 36.2 Å². The first-order valence-corrected chi connectivity index (χ1v) is 9.72. The predicted molar refractivity (Wildman–Crippen MR) is 102 cm³/mol. The number of thioether (sulfide) groups is 1. The molecule has 2 aliphatic rings. The summed E-state index contributed by atoms with van der Waals surface area (Å²) < 4.78 is 0. The van der Waals surface area contributed by atoms with Crippen molar-refractivity contribution < 1.29 is 19.5 Å². The van der Waals surface area contributed by atoms with Gasteiger partial charge in [0.05, 0.1) is 5.41 Å². The smallest absolute Gasteiger partial charge is 0.326 e. The number of nitrogens with zero attached hydrogens (tertiary/aromatic N) is 1. The fourth-order valence-electron chi connectivity index (χ4n) is 3.40. The third-order valence-electron chi connectivity index (χ3n) is 4.76. The summed E-state index contributed by atoms with van der Waals surface area (Å²) in [5, 5.41) is 9.52. The molecule has 1 amide bonds. The molecule has 0 aromatic heterocycles. The molecule has 132 valence electrons. The Morgan fingerprint density at radius 3 is 2.42 bits per heavy atom. The number of amides is 1. The highest BCUT2D eigenvalue weighted by Crippen LogP contribution is 2.44. The first-order valence-electron chi connectivity index (χ1n) is 7.92. The molecule has 24 heavy (non-hydrogen) atoms. The van der Waals surface area contributed by atoms with Crippen LogP contribution in [0.4, 0.5) is 0 Å². The minimum absolute atomic E-state index is 0.0584. The lowest BCUT2D eigenvalue weighted by molar-refractivity contribution is -0.149. The van der Waals surface area contributed by atoms with Crippen LogP contribution in [0.15, 0.2) is 0 Å². The van der Waals surface area contributed by atoms with Crippen LogP contribution < -0.4 is 0 Å². The third-order valence-corrected chi connectivity index (χ3v) is 7.02. The number of thiocarbonyl (C=S) groups is 2. The number of hydrogen-bond acceptors (Lipinski definition) is 6. The Balaban J connectivity index is 2.23. The van der Waals surface area contributed by atoms with E-state index in [4.69, 9.17) is 24.4 Å². The third kappa shape index (κ3) is 3.70. The van der Waals surface area contributed by atoms with E-state index in [-0.39, 0.29) is 24.0 Å². The van der Waals surface area contributed by atoms with Crippen molar-refractivity contribution in [2.45, 2.75) is 45.6 Å². The van der Waals surface area contributed by atoms with Gasteiger partial charge in [0, 0.05) is 34.9 Å². The Kier molecular flexibility index (Phi) is 6.14. The van der Waals surface area contributed by atoms with Crippen molar-refractivity contribution in [1.82, 2.24) is 4.90 Å². The van der Waals surface area contributed by atoms with Crippen molar-refractivity contribution in [1.29, 1.82) is 0 Å². The van der Waals surface area contributed by atoms with E-state index < -0.39 is 23.3 Å². The summed E-state index contributed by atoms with van der Waals surface area (Å²) in [4.78, 5) is 38.6. The Hall–Kier alpha value is -0.860. The normalized spacial score (nSPS) is 24.2. The molecule has 0 radical (unpaired) electrons. The van der Waals surface area contributed by atoms with Crippen molar-refractivity contribution in [3.05, 3.63) is 0 Å². The fraction of sp³-hybridized carbons (Fsp3) is 0.688. The zero-order chi connectivity index (χ0) is 18.1. The zero-order valence-electron chi connectivity index (χ0n) is 13.7. The van der Waals surface area contributed by atoms with Crippen molar-refractivity contribution in [2.24, 2.45) is 11.3 Å². The number of carboxylic acid groups (broad SMARTS) is 1. The highest BCUT2D eigenvalue weighted by atomic mass is 32.2. The Bertz CT molecular complexity index is 588. The molecular formula is C16H21NO4S3. The van der Waals surface area contributed by atoms with Crippen LogP contribution in [-0.2, 0) is 14.4 Å². The maximum Gasteiger partial charge on any atom is 0.326 e. The first kappa shape index (κ1) is 19.5. The first-order chi connectivity index (χ1) is 11.2. The van der Waals surface area contributed by atoms with Crippen LogP contribution in [0, 0.1) is 11.3 Å². The van der Waals surface area contributed by atoms with E-state index in [0.29, 0.717) is 5.75 Å². The zero-order valence-corrected chi connectivity index (χ0v) is 16.2. The van der Waals surface area contributed by atoms with Crippen LogP contribution in [-0.4, -0.2) is 55.1 Å². The molecule has 5 nitrogen and oxygen atoms in total. The van der Waals surface area contributed by atoms with Gasteiger partial charge < -0.3 is 10.0 Å². The second kappa shape index (κ2) is 7.58. The van der Waals surface area contributed by atoms with Gasteiger partial charge in [0.2, 0.25) is 5.91 Å². The number of carbonyl (C=O) groups is 3. The molecule has 0 bridgehead atoms. The minimum Gasteiger partial charge on any atom is -0.480 e. The maximum absolute atomic E-state index is 12.8. The number of carboxylic acids is 1. The molecule has 1 N–H and O–H groups in total. The van der Waals surface area contributed by atoms with Crippen molar-refractivity contribution in [3.8, 4) is 0 Å². The van der Waals surface area contributed by atoms with E-state index in [1.807, 2.05) is 0 Å². The second-order valence-electron chi connectivity index (χ2n) is 6.51. The summed E-state index contributed by atoms with van der Waals surface area (Å²) in [6, 6.07) is -0.906. The average Bonchev–Trinajstić information content (AvgIpc) is 2.92. The summed E-state index contributed by atoms with van der Waals surface area (Å²) in [6.45, 7) is 3.43. The van der Waals surface area contributed by atoms with Gasteiger partial charge in [-0.05, 0) is 25.7 Å². The quantitative estimate of drug-likeness (QED) is 0.743. The molecule has 1 spiro atoms. The molecule has 2 fully saturated rings.